The standard InChI is InChI=1S/C35H41Cl2N3O8/c1-45-30-18-40(19-31(30)46-2)35(39-13-5-6-14-39,48-23-11-9-21(10-12-23)34(43)44)32(41)16-22-15-27(37)28(17-26(22)36)38-33(42)25-20-47-29-8-4-3-7-24(25)29/h3-4,7-8,15,17,20-21,23,30-31H,5-6,9-14,16,18-19H2,1-2H3,(H,38,42)(H,43,44)/t21-,23-,30-,31+,35?. The number of rotatable bonds is 12. The number of fused-ring (bicyclic) bond motifs is 1. The minimum atomic E-state index is -1.45. The number of anilines is 1. The Kier molecular flexibility index (Phi) is 10.8. The molecule has 3 atom stereocenters. The zero-order valence-electron chi connectivity index (χ0n) is 27.1. The fourth-order valence-corrected chi connectivity index (χ4v) is 7.81. The lowest BCUT2D eigenvalue weighted by Gasteiger charge is -2.48. The molecule has 2 N–H and O–H groups in total. The highest BCUT2D eigenvalue weighted by atomic mass is 35.5. The molecule has 2 saturated heterocycles. The van der Waals surface area contributed by atoms with Crippen LogP contribution in [0.5, 0.6) is 0 Å². The first-order chi connectivity index (χ1) is 23.1. The van der Waals surface area contributed by atoms with Gasteiger partial charge in [-0.1, -0.05) is 41.4 Å². The van der Waals surface area contributed by atoms with Gasteiger partial charge in [0.15, 0.2) is 5.78 Å². The van der Waals surface area contributed by atoms with Crippen LogP contribution < -0.4 is 5.32 Å². The molecular weight excluding hydrogens is 661 g/mol. The molecule has 1 amide bonds. The zero-order valence-corrected chi connectivity index (χ0v) is 28.6. The Balaban J connectivity index is 1.29. The number of likely N-dealkylation sites (tertiary alicyclic amines) is 2. The number of furan rings is 1. The van der Waals surface area contributed by atoms with Gasteiger partial charge in [0.1, 0.15) is 11.8 Å². The lowest BCUT2D eigenvalue weighted by atomic mass is 9.87. The molecule has 1 unspecified atom stereocenters. The summed E-state index contributed by atoms with van der Waals surface area (Å²) in [5.41, 5.74) is 1.74. The Morgan fingerprint density at radius 1 is 0.958 bits per heavy atom. The number of hydrogen-bond acceptors (Lipinski definition) is 9. The second kappa shape index (κ2) is 14.8. The van der Waals surface area contributed by atoms with E-state index in [1.807, 2.05) is 17.0 Å². The van der Waals surface area contributed by atoms with Gasteiger partial charge in [0.2, 0.25) is 5.85 Å². The van der Waals surface area contributed by atoms with Gasteiger partial charge in [-0.25, -0.2) is 0 Å². The van der Waals surface area contributed by atoms with Crippen LogP contribution >= 0.6 is 23.2 Å². The van der Waals surface area contributed by atoms with Gasteiger partial charge < -0.3 is 29.1 Å². The first kappa shape index (κ1) is 34.8. The van der Waals surface area contributed by atoms with Crippen molar-refractivity contribution in [2.45, 2.75) is 69.1 Å². The van der Waals surface area contributed by atoms with Crippen molar-refractivity contribution < 1.29 is 38.1 Å². The third-order valence-corrected chi connectivity index (χ3v) is 10.6. The molecule has 1 aliphatic carbocycles. The molecule has 0 radical (unpaired) electrons. The minimum Gasteiger partial charge on any atom is -0.481 e. The number of carboxylic acid groups (broad SMARTS) is 1. The summed E-state index contributed by atoms with van der Waals surface area (Å²) < 4.78 is 24.0. The van der Waals surface area contributed by atoms with E-state index in [0.717, 1.165) is 12.8 Å². The van der Waals surface area contributed by atoms with Gasteiger partial charge in [0, 0.05) is 57.2 Å². The molecule has 3 aromatic rings. The number of ketones is 1. The summed E-state index contributed by atoms with van der Waals surface area (Å²) in [6, 6.07) is 10.4. The number of methoxy groups -OCH3 is 2. The van der Waals surface area contributed by atoms with Crippen molar-refractivity contribution in [1.29, 1.82) is 0 Å². The monoisotopic (exact) mass is 701 g/mol. The van der Waals surface area contributed by atoms with Gasteiger partial charge >= 0.3 is 5.97 Å². The molecule has 48 heavy (non-hydrogen) atoms. The highest BCUT2D eigenvalue weighted by molar-refractivity contribution is 6.36. The summed E-state index contributed by atoms with van der Waals surface area (Å²) in [4.78, 5) is 43.9. The molecule has 0 spiro atoms. The maximum absolute atomic E-state index is 14.9. The summed E-state index contributed by atoms with van der Waals surface area (Å²) in [5, 5.41) is 13.6. The van der Waals surface area contributed by atoms with Crippen LogP contribution in [0.1, 0.15) is 54.4 Å². The number of Topliss-reactive ketones (excluding diaryl/α,β-unsaturated/α-hetero) is 1. The molecule has 258 valence electrons. The van der Waals surface area contributed by atoms with E-state index >= 15 is 0 Å². The molecule has 1 aromatic heterocycles. The average Bonchev–Trinajstić information content (AvgIpc) is 3.86. The lowest BCUT2D eigenvalue weighted by Crippen LogP contribution is -2.67. The summed E-state index contributed by atoms with van der Waals surface area (Å²) in [6.45, 7) is 2.13. The minimum absolute atomic E-state index is 0.0914. The number of carbonyl (C=O) groups is 3. The summed E-state index contributed by atoms with van der Waals surface area (Å²) in [6.07, 6.45) is 4.28. The molecule has 6 rings (SSSR count). The maximum atomic E-state index is 14.9. The highest BCUT2D eigenvalue weighted by Gasteiger charge is 2.56. The number of carbonyl (C=O) groups excluding carboxylic acids is 2. The van der Waals surface area contributed by atoms with E-state index < -0.39 is 23.6 Å². The molecule has 3 heterocycles. The Bertz CT molecular complexity index is 1640. The van der Waals surface area contributed by atoms with Gasteiger partial charge in [-0.3, -0.25) is 24.2 Å². The first-order valence-electron chi connectivity index (χ1n) is 16.4. The number of benzene rings is 2. The number of aliphatic carboxylic acids is 1. The van der Waals surface area contributed by atoms with Crippen LogP contribution in [0.2, 0.25) is 10.0 Å². The smallest absolute Gasteiger partial charge is 0.306 e. The van der Waals surface area contributed by atoms with Crippen molar-refractivity contribution in [3.8, 4) is 0 Å². The number of carboxylic acids is 1. The second-order valence-corrected chi connectivity index (χ2v) is 13.6. The number of nitrogens with zero attached hydrogens (tertiary/aromatic N) is 2. The first-order valence-corrected chi connectivity index (χ1v) is 17.1. The topological polar surface area (TPSA) is 131 Å². The largest absolute Gasteiger partial charge is 0.481 e. The predicted octanol–water partition coefficient (Wildman–Crippen LogP) is 5.86. The third-order valence-electron chi connectivity index (χ3n) is 9.96. The molecular formula is C35H41Cl2N3O8. The fraction of sp³-hybridized carbons (Fsp3) is 0.514. The molecule has 3 fully saturated rings. The Labute approximate surface area is 289 Å². The van der Waals surface area contributed by atoms with Crippen molar-refractivity contribution in [2.24, 2.45) is 5.92 Å². The van der Waals surface area contributed by atoms with E-state index in [1.54, 1.807) is 38.5 Å². The van der Waals surface area contributed by atoms with Crippen molar-refractivity contribution in [3.63, 3.8) is 0 Å². The van der Waals surface area contributed by atoms with Crippen molar-refractivity contribution >= 4 is 57.5 Å². The van der Waals surface area contributed by atoms with E-state index in [4.69, 9.17) is 41.8 Å². The lowest BCUT2D eigenvalue weighted by molar-refractivity contribution is -0.253. The predicted molar refractivity (Wildman–Crippen MR) is 181 cm³/mol. The zero-order chi connectivity index (χ0) is 34.0. The number of para-hydroxylation sites is 1. The molecule has 1 saturated carbocycles. The molecule has 11 nitrogen and oxygen atoms in total. The molecule has 13 heteroatoms. The normalized spacial score (nSPS) is 24.9. The van der Waals surface area contributed by atoms with Crippen molar-refractivity contribution in [1.82, 2.24) is 9.80 Å². The third kappa shape index (κ3) is 6.87. The van der Waals surface area contributed by atoms with Crippen LogP contribution in [-0.2, 0) is 30.2 Å². The summed E-state index contributed by atoms with van der Waals surface area (Å²) >= 11 is 13.5. The molecule has 2 aromatic carbocycles. The van der Waals surface area contributed by atoms with E-state index in [0.29, 0.717) is 79.6 Å². The Hall–Kier alpha value is -3.03. The number of halogens is 2. The molecule has 0 bridgehead atoms. The molecule has 2 aliphatic heterocycles. The number of hydrogen-bond donors (Lipinski definition) is 2. The summed E-state index contributed by atoms with van der Waals surface area (Å²) in [5.74, 6) is -3.29. The van der Waals surface area contributed by atoms with Crippen molar-refractivity contribution in [2.75, 3.05) is 45.7 Å². The number of amides is 1. The van der Waals surface area contributed by atoms with Crippen LogP contribution in [-0.4, -0.2) is 97.1 Å². The van der Waals surface area contributed by atoms with Gasteiger partial charge in [0.05, 0.1) is 40.5 Å². The highest BCUT2D eigenvalue weighted by Crippen LogP contribution is 2.39. The van der Waals surface area contributed by atoms with E-state index in [2.05, 4.69) is 10.2 Å². The van der Waals surface area contributed by atoms with Gasteiger partial charge in [-0.15, -0.1) is 0 Å². The van der Waals surface area contributed by atoms with E-state index in [9.17, 15) is 19.5 Å². The maximum Gasteiger partial charge on any atom is 0.306 e. The van der Waals surface area contributed by atoms with E-state index in [-0.39, 0.29) is 40.6 Å². The van der Waals surface area contributed by atoms with Gasteiger partial charge in [0.25, 0.3) is 5.91 Å². The molecule has 3 aliphatic rings. The van der Waals surface area contributed by atoms with Gasteiger partial charge in [-0.05, 0) is 62.3 Å². The van der Waals surface area contributed by atoms with Crippen LogP contribution in [0.4, 0.5) is 5.69 Å². The average molecular weight is 703 g/mol. The fourth-order valence-electron chi connectivity index (χ4n) is 7.34. The number of nitrogens with one attached hydrogen (secondary N) is 1. The second-order valence-electron chi connectivity index (χ2n) is 12.8. The van der Waals surface area contributed by atoms with Crippen LogP contribution in [0.15, 0.2) is 47.1 Å². The van der Waals surface area contributed by atoms with Crippen LogP contribution in [0, 0.1) is 5.92 Å². The quantitative estimate of drug-likeness (QED) is 0.237. The van der Waals surface area contributed by atoms with Gasteiger partial charge in [-0.2, -0.15) is 0 Å². The van der Waals surface area contributed by atoms with Crippen LogP contribution in [0.25, 0.3) is 11.0 Å². The summed E-state index contributed by atoms with van der Waals surface area (Å²) in [7, 11) is 3.26. The Morgan fingerprint density at radius 2 is 1.62 bits per heavy atom. The SMILES string of the molecule is CO[C@H]1CN(C(O[C@H]2CC[C@H](C(=O)O)CC2)(C(=O)Cc2cc(Cl)c(NC(=O)c3coc4ccccc34)cc2Cl)N2CCCC2)C[C@H]1OC. The van der Waals surface area contributed by atoms with Crippen LogP contribution in [0.3, 0.4) is 0 Å². The van der Waals surface area contributed by atoms with E-state index in [1.165, 1.54) is 6.26 Å². The Morgan fingerprint density at radius 3 is 2.27 bits per heavy atom. The number of ether oxygens (including phenoxy) is 3. The van der Waals surface area contributed by atoms with Crippen molar-refractivity contribution in [3.05, 3.63) is 63.8 Å².